The average molecular weight is 367 g/mol. The maximum absolute atomic E-state index is 11.9. The Hall–Kier alpha value is -1.70. The zero-order chi connectivity index (χ0) is 17.8. The normalized spacial score (nSPS) is 14.1. The number of carbonyl (C=O) groups is 1. The smallest absolute Gasteiger partial charge is 0.264 e. The molecular formula is C17H21NO4S2. The number of hydroxylamine groups is 1. The summed E-state index contributed by atoms with van der Waals surface area (Å²) in [6, 6.07) is 12.2. The number of hydrogen-bond donors (Lipinski definition) is 2. The molecule has 0 aliphatic carbocycles. The van der Waals surface area contributed by atoms with Crippen LogP contribution < -0.4 is 5.48 Å². The summed E-state index contributed by atoms with van der Waals surface area (Å²) < 4.78 is 22.2. The molecule has 0 bridgehead atoms. The van der Waals surface area contributed by atoms with Crippen LogP contribution in [0.5, 0.6) is 0 Å². The molecule has 0 saturated heterocycles. The first kappa shape index (κ1) is 18.6. The monoisotopic (exact) mass is 367 g/mol. The van der Waals surface area contributed by atoms with Gasteiger partial charge in [0, 0.05) is 11.1 Å². The van der Waals surface area contributed by atoms with Crippen LogP contribution in [0.2, 0.25) is 0 Å². The second-order valence-electron chi connectivity index (χ2n) is 5.97. The molecule has 24 heavy (non-hydrogen) atoms. The number of hydrogen-bond acceptors (Lipinski definition) is 5. The lowest BCUT2D eigenvalue weighted by Gasteiger charge is -2.24. The number of amides is 1. The lowest BCUT2D eigenvalue weighted by Crippen LogP contribution is -2.49. The third kappa shape index (κ3) is 4.03. The van der Waals surface area contributed by atoms with Crippen molar-refractivity contribution in [2.45, 2.75) is 30.9 Å². The van der Waals surface area contributed by atoms with E-state index in [4.69, 9.17) is 5.21 Å². The Kier molecular flexibility index (Phi) is 5.79. The van der Waals surface area contributed by atoms with Gasteiger partial charge in [-0.2, -0.15) is 0 Å². The highest BCUT2D eigenvalue weighted by molar-refractivity contribution is 7.92. The van der Waals surface area contributed by atoms with Crippen LogP contribution in [-0.2, 0) is 21.1 Å². The second-order valence-corrected chi connectivity index (χ2v) is 9.36. The number of carbonyl (C=O) groups excluding carboxylic acids is 1. The molecule has 0 aliphatic heterocycles. The van der Waals surface area contributed by atoms with Gasteiger partial charge in [-0.15, -0.1) is 11.3 Å². The van der Waals surface area contributed by atoms with Crippen LogP contribution in [0.1, 0.15) is 25.3 Å². The average Bonchev–Trinajstić information content (AvgIpc) is 3.08. The van der Waals surface area contributed by atoms with Crippen molar-refractivity contribution in [1.82, 2.24) is 5.48 Å². The molecule has 2 aromatic rings. The van der Waals surface area contributed by atoms with E-state index in [-0.39, 0.29) is 6.42 Å². The highest BCUT2D eigenvalue weighted by Crippen LogP contribution is 2.26. The molecule has 0 saturated carbocycles. The maximum Gasteiger partial charge on any atom is 0.264 e. The Morgan fingerprint density at radius 3 is 2.42 bits per heavy atom. The Balaban J connectivity index is 2.01. The summed E-state index contributed by atoms with van der Waals surface area (Å²) >= 11 is 1.68. The highest BCUT2D eigenvalue weighted by Gasteiger charge is 2.42. The molecular weight excluding hydrogens is 346 g/mol. The first-order chi connectivity index (χ1) is 11.3. The SMILES string of the molecule is CC(CCCc1ccc(-c2cccs2)cc1)(C(=O)NO)S(C)(=O)=O. The van der Waals surface area contributed by atoms with Crippen molar-refractivity contribution in [3.8, 4) is 10.4 Å². The van der Waals surface area contributed by atoms with Gasteiger partial charge >= 0.3 is 0 Å². The van der Waals surface area contributed by atoms with Crippen LogP contribution in [0, 0.1) is 0 Å². The quantitative estimate of drug-likeness (QED) is 0.582. The molecule has 0 aliphatic rings. The van der Waals surface area contributed by atoms with E-state index in [2.05, 4.69) is 6.07 Å². The van der Waals surface area contributed by atoms with E-state index in [0.717, 1.165) is 17.4 Å². The van der Waals surface area contributed by atoms with Crippen molar-refractivity contribution in [3.05, 3.63) is 47.3 Å². The van der Waals surface area contributed by atoms with Gasteiger partial charge in [-0.1, -0.05) is 30.3 Å². The van der Waals surface area contributed by atoms with Gasteiger partial charge < -0.3 is 0 Å². The van der Waals surface area contributed by atoms with E-state index >= 15 is 0 Å². The fourth-order valence-electron chi connectivity index (χ4n) is 2.49. The van der Waals surface area contributed by atoms with E-state index in [9.17, 15) is 13.2 Å². The minimum atomic E-state index is -3.64. The third-order valence-electron chi connectivity index (χ3n) is 4.28. The minimum absolute atomic E-state index is 0.144. The van der Waals surface area contributed by atoms with Crippen LogP contribution >= 0.6 is 11.3 Å². The summed E-state index contributed by atoms with van der Waals surface area (Å²) in [5.41, 5.74) is 3.69. The van der Waals surface area contributed by atoms with Gasteiger partial charge in [0.15, 0.2) is 9.84 Å². The Bertz CT molecular complexity index is 783. The molecule has 0 spiro atoms. The molecule has 1 atom stereocenters. The third-order valence-corrected chi connectivity index (χ3v) is 7.22. The lowest BCUT2D eigenvalue weighted by atomic mass is 9.99. The van der Waals surface area contributed by atoms with Crippen LogP contribution in [0.25, 0.3) is 10.4 Å². The molecule has 0 radical (unpaired) electrons. The summed E-state index contributed by atoms with van der Waals surface area (Å²) in [6.45, 7) is 1.34. The van der Waals surface area contributed by atoms with Crippen LogP contribution in [0.15, 0.2) is 41.8 Å². The van der Waals surface area contributed by atoms with Gasteiger partial charge in [0.25, 0.3) is 5.91 Å². The minimum Gasteiger partial charge on any atom is -0.289 e. The Labute approximate surface area is 146 Å². The molecule has 5 nitrogen and oxygen atoms in total. The molecule has 1 aromatic heterocycles. The molecule has 0 fully saturated rings. The fourth-order valence-corrected chi connectivity index (χ4v) is 4.12. The number of sulfone groups is 1. The first-order valence-corrected chi connectivity index (χ1v) is 10.3. The van der Waals surface area contributed by atoms with Gasteiger partial charge in [-0.05, 0) is 48.8 Å². The van der Waals surface area contributed by atoms with Crippen LogP contribution in [-0.4, -0.2) is 30.5 Å². The molecule has 2 N–H and O–H groups in total. The topological polar surface area (TPSA) is 83.5 Å². The van der Waals surface area contributed by atoms with E-state index in [1.165, 1.54) is 17.3 Å². The number of aryl methyl sites for hydroxylation is 1. The number of benzene rings is 1. The predicted molar refractivity (Wildman–Crippen MR) is 95.9 cm³/mol. The number of thiophene rings is 1. The Morgan fingerprint density at radius 1 is 1.25 bits per heavy atom. The largest absolute Gasteiger partial charge is 0.289 e. The van der Waals surface area contributed by atoms with Crippen molar-refractivity contribution in [1.29, 1.82) is 0 Å². The fraction of sp³-hybridized carbons (Fsp3) is 0.353. The van der Waals surface area contributed by atoms with Gasteiger partial charge in [-0.3, -0.25) is 10.0 Å². The molecule has 1 unspecified atom stereocenters. The van der Waals surface area contributed by atoms with Crippen LogP contribution in [0.4, 0.5) is 0 Å². The van der Waals surface area contributed by atoms with Crippen molar-refractivity contribution in [3.63, 3.8) is 0 Å². The molecule has 1 heterocycles. The summed E-state index contributed by atoms with van der Waals surface area (Å²) in [5.74, 6) is -0.891. The first-order valence-electron chi connectivity index (χ1n) is 7.55. The zero-order valence-corrected chi connectivity index (χ0v) is 15.3. The van der Waals surface area contributed by atoms with Gasteiger partial charge in [0.05, 0.1) is 0 Å². The summed E-state index contributed by atoms with van der Waals surface area (Å²) in [7, 11) is -3.64. The van der Waals surface area contributed by atoms with E-state index in [0.29, 0.717) is 12.8 Å². The maximum atomic E-state index is 11.9. The van der Waals surface area contributed by atoms with Crippen molar-refractivity contribution < 1.29 is 18.4 Å². The molecule has 130 valence electrons. The molecule has 1 amide bonds. The summed E-state index contributed by atoms with van der Waals surface area (Å²) in [4.78, 5) is 13.0. The summed E-state index contributed by atoms with van der Waals surface area (Å²) in [6.07, 6.45) is 2.34. The van der Waals surface area contributed by atoms with E-state index < -0.39 is 20.5 Å². The number of nitrogens with one attached hydrogen (secondary N) is 1. The second kappa shape index (κ2) is 7.46. The van der Waals surface area contributed by atoms with Gasteiger partial charge in [-0.25, -0.2) is 13.9 Å². The van der Waals surface area contributed by atoms with Crippen LogP contribution in [0.3, 0.4) is 0 Å². The number of rotatable bonds is 7. The van der Waals surface area contributed by atoms with Gasteiger partial charge in [0.1, 0.15) is 4.75 Å². The zero-order valence-electron chi connectivity index (χ0n) is 13.7. The Morgan fingerprint density at radius 2 is 1.92 bits per heavy atom. The van der Waals surface area contributed by atoms with E-state index in [1.54, 1.807) is 11.3 Å². The molecule has 7 heteroatoms. The van der Waals surface area contributed by atoms with Crippen molar-refractivity contribution >= 4 is 27.1 Å². The van der Waals surface area contributed by atoms with E-state index in [1.807, 2.05) is 35.7 Å². The summed E-state index contributed by atoms with van der Waals surface area (Å²) in [5, 5.41) is 10.8. The molecule has 2 rings (SSSR count). The van der Waals surface area contributed by atoms with Gasteiger partial charge in [0.2, 0.25) is 0 Å². The van der Waals surface area contributed by atoms with Crippen molar-refractivity contribution in [2.75, 3.05) is 6.26 Å². The standard InChI is InChI=1S/C17H21NO4S2/c1-17(16(19)18-20,24(2,21)22)11-3-5-13-7-9-14(10-8-13)15-6-4-12-23-15/h4,6-10,12,20H,3,5,11H2,1-2H3,(H,18,19). The highest BCUT2D eigenvalue weighted by atomic mass is 32.2. The lowest BCUT2D eigenvalue weighted by molar-refractivity contribution is -0.131. The predicted octanol–water partition coefficient (Wildman–Crippen LogP) is 3.05. The van der Waals surface area contributed by atoms with Crippen molar-refractivity contribution in [2.24, 2.45) is 0 Å². The molecule has 1 aromatic carbocycles.